The van der Waals surface area contributed by atoms with E-state index in [-0.39, 0.29) is 17.9 Å². The van der Waals surface area contributed by atoms with Crippen molar-refractivity contribution in [2.24, 2.45) is 11.8 Å². The summed E-state index contributed by atoms with van der Waals surface area (Å²) in [6, 6.07) is 0. The van der Waals surface area contributed by atoms with Crippen LogP contribution in [0, 0.1) is 11.8 Å². The first kappa shape index (κ1) is 17.1. The van der Waals surface area contributed by atoms with Crippen LogP contribution in [0.4, 0.5) is 4.79 Å². The molecule has 2 fully saturated rings. The van der Waals surface area contributed by atoms with Gasteiger partial charge in [-0.25, -0.2) is 4.79 Å². The van der Waals surface area contributed by atoms with Crippen molar-refractivity contribution < 1.29 is 14.3 Å². The summed E-state index contributed by atoms with van der Waals surface area (Å²) in [7, 11) is 0. The molecule has 22 heavy (non-hydrogen) atoms. The summed E-state index contributed by atoms with van der Waals surface area (Å²) in [5.74, 6) is 0.878. The molecule has 2 aliphatic rings. The highest BCUT2D eigenvalue weighted by molar-refractivity contribution is 5.80. The molecule has 0 N–H and O–H groups in total. The molecule has 0 aromatic heterocycles. The van der Waals surface area contributed by atoms with Crippen LogP contribution in [0.5, 0.6) is 0 Å². The molecular weight excluding hydrogens is 280 g/mol. The van der Waals surface area contributed by atoms with Crippen molar-refractivity contribution in [3.05, 3.63) is 0 Å². The van der Waals surface area contributed by atoms with E-state index in [1.807, 2.05) is 25.7 Å². The van der Waals surface area contributed by atoms with Crippen molar-refractivity contribution in [1.82, 2.24) is 9.80 Å². The molecule has 0 aliphatic carbocycles. The number of likely N-dealkylation sites (tertiary alicyclic amines) is 2. The van der Waals surface area contributed by atoms with Gasteiger partial charge in [0.25, 0.3) is 0 Å². The average Bonchev–Trinajstić information content (AvgIpc) is 2.46. The molecule has 1 unspecified atom stereocenters. The highest BCUT2D eigenvalue weighted by atomic mass is 16.6. The predicted octanol–water partition coefficient (Wildman–Crippen LogP) is 2.89. The van der Waals surface area contributed by atoms with Gasteiger partial charge in [0, 0.05) is 26.2 Å². The Morgan fingerprint density at radius 1 is 1.00 bits per heavy atom. The number of piperidine rings is 2. The minimum absolute atomic E-state index is 0.0605. The highest BCUT2D eigenvalue weighted by Crippen LogP contribution is 2.24. The Morgan fingerprint density at radius 3 is 2.23 bits per heavy atom. The molecule has 2 amide bonds. The first-order valence-corrected chi connectivity index (χ1v) is 8.53. The summed E-state index contributed by atoms with van der Waals surface area (Å²) in [4.78, 5) is 28.5. The van der Waals surface area contributed by atoms with Gasteiger partial charge >= 0.3 is 6.09 Å². The summed E-state index contributed by atoms with van der Waals surface area (Å²) in [6.45, 7) is 10.8. The largest absolute Gasteiger partial charge is 0.444 e. The van der Waals surface area contributed by atoms with Crippen molar-refractivity contribution in [1.29, 1.82) is 0 Å². The maximum absolute atomic E-state index is 12.7. The van der Waals surface area contributed by atoms with Gasteiger partial charge in [-0.2, -0.15) is 0 Å². The summed E-state index contributed by atoms with van der Waals surface area (Å²) in [5, 5.41) is 0. The Labute approximate surface area is 134 Å². The van der Waals surface area contributed by atoms with Crippen molar-refractivity contribution >= 4 is 12.0 Å². The number of hydrogen-bond acceptors (Lipinski definition) is 3. The lowest BCUT2D eigenvalue weighted by Gasteiger charge is -2.37. The lowest BCUT2D eigenvalue weighted by atomic mass is 9.94. The Hall–Kier alpha value is -1.26. The zero-order chi connectivity index (χ0) is 16.3. The van der Waals surface area contributed by atoms with Crippen LogP contribution in [-0.4, -0.2) is 53.6 Å². The fraction of sp³-hybridized carbons (Fsp3) is 0.882. The second kappa shape index (κ2) is 6.88. The quantitative estimate of drug-likeness (QED) is 0.748. The van der Waals surface area contributed by atoms with Gasteiger partial charge in [-0.05, 0) is 52.4 Å². The highest BCUT2D eigenvalue weighted by Gasteiger charge is 2.33. The van der Waals surface area contributed by atoms with E-state index in [2.05, 4.69) is 6.92 Å². The molecule has 0 radical (unpaired) electrons. The molecule has 0 bridgehead atoms. The van der Waals surface area contributed by atoms with Crippen LogP contribution in [0.25, 0.3) is 0 Å². The SMILES string of the molecule is CC1CCN(C(=O)C2CCCN(C(=O)OC(C)(C)C)C2)CC1. The van der Waals surface area contributed by atoms with Crippen LogP contribution in [0.1, 0.15) is 53.4 Å². The van der Waals surface area contributed by atoms with E-state index in [9.17, 15) is 9.59 Å². The molecular formula is C17H30N2O3. The number of rotatable bonds is 1. The molecule has 0 saturated carbocycles. The first-order valence-electron chi connectivity index (χ1n) is 8.53. The minimum atomic E-state index is -0.489. The number of nitrogens with zero attached hydrogens (tertiary/aromatic N) is 2. The molecule has 0 aromatic carbocycles. The van der Waals surface area contributed by atoms with Gasteiger partial charge in [-0.1, -0.05) is 6.92 Å². The van der Waals surface area contributed by atoms with E-state index in [4.69, 9.17) is 4.74 Å². The molecule has 5 heteroatoms. The summed E-state index contributed by atoms with van der Waals surface area (Å²) < 4.78 is 5.43. The molecule has 126 valence electrons. The van der Waals surface area contributed by atoms with E-state index in [1.54, 1.807) is 4.90 Å². The number of amides is 2. The van der Waals surface area contributed by atoms with Crippen LogP contribution in [0.2, 0.25) is 0 Å². The lowest BCUT2D eigenvalue weighted by molar-refractivity contribution is -0.138. The van der Waals surface area contributed by atoms with E-state index in [1.165, 1.54) is 0 Å². The molecule has 0 aromatic rings. The van der Waals surface area contributed by atoms with Crippen LogP contribution in [0.15, 0.2) is 0 Å². The molecule has 1 atom stereocenters. The van der Waals surface area contributed by atoms with Crippen molar-refractivity contribution in [2.75, 3.05) is 26.2 Å². The van der Waals surface area contributed by atoms with Crippen LogP contribution < -0.4 is 0 Å². The summed E-state index contributed by atoms with van der Waals surface area (Å²) in [5.41, 5.74) is -0.489. The number of carbonyl (C=O) groups excluding carboxylic acids is 2. The Bertz CT molecular complexity index is 409. The summed E-state index contributed by atoms with van der Waals surface area (Å²) >= 11 is 0. The first-order chi connectivity index (χ1) is 10.3. The van der Waals surface area contributed by atoms with Gasteiger partial charge in [0.15, 0.2) is 0 Å². The fourth-order valence-corrected chi connectivity index (χ4v) is 3.16. The topological polar surface area (TPSA) is 49.9 Å². The number of ether oxygens (including phenoxy) is 1. The fourth-order valence-electron chi connectivity index (χ4n) is 3.16. The minimum Gasteiger partial charge on any atom is -0.444 e. The third-order valence-corrected chi connectivity index (χ3v) is 4.52. The van der Waals surface area contributed by atoms with E-state index in [0.717, 1.165) is 38.8 Å². The Balaban J connectivity index is 1.90. The second-order valence-corrected chi connectivity index (χ2v) is 7.77. The van der Waals surface area contributed by atoms with E-state index >= 15 is 0 Å². The van der Waals surface area contributed by atoms with Gasteiger partial charge in [0.1, 0.15) is 5.60 Å². The van der Waals surface area contributed by atoms with E-state index < -0.39 is 5.60 Å². The van der Waals surface area contributed by atoms with Crippen molar-refractivity contribution in [3.8, 4) is 0 Å². The molecule has 2 saturated heterocycles. The Morgan fingerprint density at radius 2 is 1.64 bits per heavy atom. The van der Waals surface area contributed by atoms with Gasteiger partial charge in [0.05, 0.1) is 5.92 Å². The molecule has 2 aliphatic heterocycles. The third-order valence-electron chi connectivity index (χ3n) is 4.52. The smallest absolute Gasteiger partial charge is 0.410 e. The standard InChI is InChI=1S/C17H30N2O3/c1-13-7-10-18(11-8-13)15(20)14-6-5-9-19(12-14)16(21)22-17(2,3)4/h13-14H,5-12H2,1-4H3. The van der Waals surface area contributed by atoms with Gasteiger partial charge in [0.2, 0.25) is 5.91 Å². The maximum atomic E-state index is 12.7. The number of hydrogen-bond donors (Lipinski definition) is 0. The second-order valence-electron chi connectivity index (χ2n) is 7.77. The van der Waals surface area contributed by atoms with Crippen LogP contribution in [-0.2, 0) is 9.53 Å². The van der Waals surface area contributed by atoms with Crippen LogP contribution in [0.3, 0.4) is 0 Å². The lowest BCUT2D eigenvalue weighted by Crippen LogP contribution is -2.49. The number of carbonyl (C=O) groups is 2. The van der Waals surface area contributed by atoms with Gasteiger partial charge in [-0.15, -0.1) is 0 Å². The molecule has 0 spiro atoms. The normalized spacial score (nSPS) is 24.3. The zero-order valence-corrected chi connectivity index (χ0v) is 14.4. The average molecular weight is 310 g/mol. The van der Waals surface area contributed by atoms with Crippen molar-refractivity contribution in [2.45, 2.75) is 59.0 Å². The van der Waals surface area contributed by atoms with Crippen LogP contribution >= 0.6 is 0 Å². The summed E-state index contributed by atoms with van der Waals surface area (Å²) in [6.07, 6.45) is 3.64. The van der Waals surface area contributed by atoms with E-state index in [0.29, 0.717) is 19.0 Å². The molecule has 2 rings (SSSR count). The van der Waals surface area contributed by atoms with Crippen molar-refractivity contribution in [3.63, 3.8) is 0 Å². The molecule has 2 heterocycles. The third kappa shape index (κ3) is 4.62. The monoisotopic (exact) mass is 310 g/mol. The zero-order valence-electron chi connectivity index (χ0n) is 14.4. The van der Waals surface area contributed by atoms with Gasteiger partial charge < -0.3 is 14.5 Å². The predicted molar refractivity (Wildman–Crippen MR) is 85.5 cm³/mol. The molecule has 5 nitrogen and oxygen atoms in total. The maximum Gasteiger partial charge on any atom is 0.410 e. The Kier molecular flexibility index (Phi) is 5.35. The van der Waals surface area contributed by atoms with Gasteiger partial charge in [-0.3, -0.25) is 4.79 Å².